The van der Waals surface area contributed by atoms with Crippen LogP contribution in [0.15, 0.2) is 96.4 Å². The summed E-state index contributed by atoms with van der Waals surface area (Å²) in [5.74, 6) is -0.341. The molecule has 0 fully saturated rings. The monoisotopic (exact) mass is 473 g/mol. The van der Waals surface area contributed by atoms with Crippen molar-refractivity contribution >= 4 is 55.3 Å². The van der Waals surface area contributed by atoms with E-state index in [1.54, 1.807) is 0 Å². The summed E-state index contributed by atoms with van der Waals surface area (Å²) >= 11 is 1.43. The summed E-state index contributed by atoms with van der Waals surface area (Å²) in [5, 5.41) is 12.4. The largest absolute Gasteiger partial charge is 0.351 e. The van der Waals surface area contributed by atoms with Gasteiger partial charge in [-0.3, -0.25) is 9.59 Å². The quantitative estimate of drug-likeness (QED) is 0.204. The number of amides is 1. The Labute approximate surface area is 207 Å². The first kappa shape index (κ1) is 21.5. The lowest BCUT2D eigenvalue weighted by molar-refractivity contribution is -0.122. The van der Waals surface area contributed by atoms with E-state index in [1.165, 1.54) is 43.7 Å². The molecule has 6 aromatic rings. The summed E-state index contributed by atoms with van der Waals surface area (Å²) in [6, 6.07) is 30.4. The highest BCUT2D eigenvalue weighted by atomic mass is 32.1. The van der Waals surface area contributed by atoms with E-state index >= 15 is 0 Å². The predicted octanol–water partition coefficient (Wildman–Crippen LogP) is 7.30. The van der Waals surface area contributed by atoms with Gasteiger partial charge in [0.15, 0.2) is 0 Å². The molecule has 0 bridgehead atoms. The molecule has 35 heavy (non-hydrogen) atoms. The summed E-state index contributed by atoms with van der Waals surface area (Å²) < 4.78 is 0. The Bertz CT molecular complexity index is 1670. The molecule has 4 heteroatoms. The normalized spacial score (nSPS) is 12.4. The van der Waals surface area contributed by atoms with Crippen molar-refractivity contribution in [1.82, 2.24) is 5.32 Å². The molecule has 0 aliphatic heterocycles. The number of rotatable bonds is 6. The molecular weight excluding hydrogens is 450 g/mol. The minimum atomic E-state index is -0.319. The Kier molecular flexibility index (Phi) is 5.31. The molecule has 170 valence electrons. The van der Waals surface area contributed by atoms with Gasteiger partial charge in [0.05, 0.1) is 10.8 Å². The molecule has 1 N–H and O–H groups in total. The van der Waals surface area contributed by atoms with Crippen molar-refractivity contribution in [2.75, 3.05) is 0 Å². The zero-order valence-electron chi connectivity index (χ0n) is 19.2. The summed E-state index contributed by atoms with van der Waals surface area (Å²) in [7, 11) is 0. The Hall–Kier alpha value is -4.02. The van der Waals surface area contributed by atoms with E-state index in [0.29, 0.717) is 12.1 Å². The molecule has 1 heterocycles. The van der Waals surface area contributed by atoms with Crippen LogP contribution in [0.1, 0.15) is 39.2 Å². The molecule has 1 atom stereocenters. The Balaban J connectivity index is 1.22. The molecule has 3 nitrogen and oxygen atoms in total. The van der Waals surface area contributed by atoms with Crippen LogP contribution in [-0.4, -0.2) is 11.7 Å². The third-order valence-electron chi connectivity index (χ3n) is 6.88. The number of ketones is 1. The zero-order chi connectivity index (χ0) is 23.9. The van der Waals surface area contributed by atoms with E-state index in [4.69, 9.17) is 0 Å². The number of benzene rings is 5. The van der Waals surface area contributed by atoms with Crippen LogP contribution < -0.4 is 5.32 Å². The Morgan fingerprint density at radius 2 is 1.46 bits per heavy atom. The van der Waals surface area contributed by atoms with Crippen LogP contribution in [0, 0.1) is 0 Å². The summed E-state index contributed by atoms with van der Waals surface area (Å²) in [4.78, 5) is 26.3. The Morgan fingerprint density at radius 3 is 2.17 bits per heavy atom. The number of carbonyl (C=O) groups is 2. The maximum absolute atomic E-state index is 13.0. The minimum Gasteiger partial charge on any atom is -0.351 e. The van der Waals surface area contributed by atoms with Crippen LogP contribution in [0.25, 0.3) is 32.3 Å². The van der Waals surface area contributed by atoms with E-state index in [2.05, 4.69) is 59.9 Å². The van der Waals surface area contributed by atoms with Gasteiger partial charge in [-0.2, -0.15) is 0 Å². The molecule has 0 saturated carbocycles. The van der Waals surface area contributed by atoms with E-state index in [1.807, 2.05) is 48.7 Å². The average molecular weight is 474 g/mol. The number of thiophene rings is 1. The summed E-state index contributed by atoms with van der Waals surface area (Å²) in [5.41, 5.74) is 2.63. The minimum absolute atomic E-state index is 0.0117. The van der Waals surface area contributed by atoms with Crippen molar-refractivity contribution in [3.63, 3.8) is 0 Å². The van der Waals surface area contributed by atoms with Crippen LogP contribution in [0.2, 0.25) is 0 Å². The number of hydrogen-bond acceptors (Lipinski definition) is 3. The van der Waals surface area contributed by atoms with E-state index < -0.39 is 0 Å². The standard InChI is InChI=1S/C31H23NO2S/c1-19(20-7-12-24(13-8-20)30(33)27-6-3-17-35-27)31(34)32-18-25-14-11-23-10-9-21-4-2-5-22-15-16-26(25)29(23)28(21)22/h2-17,19H,18H2,1H3,(H,32,34). The van der Waals surface area contributed by atoms with Crippen LogP contribution in [-0.2, 0) is 11.3 Å². The number of carbonyl (C=O) groups excluding carboxylic acids is 2. The molecule has 0 aliphatic rings. The van der Waals surface area contributed by atoms with Crippen molar-refractivity contribution in [3.8, 4) is 0 Å². The van der Waals surface area contributed by atoms with Crippen molar-refractivity contribution in [2.45, 2.75) is 19.4 Å². The highest BCUT2D eigenvalue weighted by Gasteiger charge is 2.17. The molecule has 0 saturated heterocycles. The summed E-state index contributed by atoms with van der Waals surface area (Å²) in [6.07, 6.45) is 0. The fourth-order valence-electron chi connectivity index (χ4n) is 4.91. The lowest BCUT2D eigenvalue weighted by Crippen LogP contribution is -2.27. The van der Waals surface area contributed by atoms with Crippen LogP contribution in [0.4, 0.5) is 0 Å². The van der Waals surface area contributed by atoms with Crippen molar-refractivity contribution < 1.29 is 9.59 Å². The second-order valence-electron chi connectivity index (χ2n) is 8.95. The fourth-order valence-corrected chi connectivity index (χ4v) is 5.60. The molecule has 1 unspecified atom stereocenters. The second kappa shape index (κ2) is 8.64. The molecular formula is C31H23NO2S. The van der Waals surface area contributed by atoms with Crippen LogP contribution in [0.5, 0.6) is 0 Å². The first-order valence-electron chi connectivity index (χ1n) is 11.7. The lowest BCUT2D eigenvalue weighted by atomic mass is 9.92. The van der Waals surface area contributed by atoms with Gasteiger partial charge in [0, 0.05) is 12.1 Å². The van der Waals surface area contributed by atoms with Gasteiger partial charge in [-0.05, 0) is 61.8 Å². The van der Waals surface area contributed by atoms with E-state index in [-0.39, 0.29) is 17.6 Å². The molecule has 5 aromatic carbocycles. The van der Waals surface area contributed by atoms with Gasteiger partial charge < -0.3 is 5.32 Å². The van der Waals surface area contributed by atoms with Crippen molar-refractivity contribution in [2.24, 2.45) is 0 Å². The van der Waals surface area contributed by atoms with Gasteiger partial charge in [0.25, 0.3) is 0 Å². The van der Waals surface area contributed by atoms with E-state index in [9.17, 15) is 9.59 Å². The van der Waals surface area contributed by atoms with Gasteiger partial charge in [0.1, 0.15) is 0 Å². The molecule has 0 radical (unpaired) electrons. The predicted molar refractivity (Wildman–Crippen MR) is 145 cm³/mol. The van der Waals surface area contributed by atoms with Gasteiger partial charge >= 0.3 is 0 Å². The lowest BCUT2D eigenvalue weighted by Gasteiger charge is -2.16. The maximum Gasteiger partial charge on any atom is 0.227 e. The van der Waals surface area contributed by atoms with Crippen molar-refractivity contribution in [1.29, 1.82) is 0 Å². The number of hydrogen-bond donors (Lipinski definition) is 1. The Morgan fingerprint density at radius 1 is 0.771 bits per heavy atom. The third-order valence-corrected chi connectivity index (χ3v) is 7.75. The second-order valence-corrected chi connectivity index (χ2v) is 9.90. The van der Waals surface area contributed by atoms with Gasteiger partial charge in [-0.15, -0.1) is 11.3 Å². The van der Waals surface area contributed by atoms with Gasteiger partial charge in [-0.1, -0.05) is 84.9 Å². The molecule has 6 rings (SSSR count). The molecule has 1 amide bonds. The van der Waals surface area contributed by atoms with Crippen molar-refractivity contribution in [3.05, 3.63) is 118 Å². The smallest absolute Gasteiger partial charge is 0.227 e. The molecule has 1 aromatic heterocycles. The van der Waals surface area contributed by atoms with Gasteiger partial charge in [0.2, 0.25) is 11.7 Å². The third kappa shape index (κ3) is 3.76. The highest BCUT2D eigenvalue weighted by Crippen LogP contribution is 2.36. The maximum atomic E-state index is 13.0. The topological polar surface area (TPSA) is 46.2 Å². The first-order valence-corrected chi connectivity index (χ1v) is 12.6. The SMILES string of the molecule is CC(C(=O)NCc1ccc2ccc3cccc4ccc1c2c34)c1ccc(C(=O)c2cccs2)cc1. The highest BCUT2D eigenvalue weighted by molar-refractivity contribution is 7.12. The average Bonchev–Trinajstić information content (AvgIpc) is 3.45. The van der Waals surface area contributed by atoms with Crippen LogP contribution >= 0.6 is 11.3 Å². The fraction of sp³-hybridized carbons (Fsp3) is 0.0968. The summed E-state index contributed by atoms with van der Waals surface area (Å²) in [6.45, 7) is 2.36. The molecule has 0 aliphatic carbocycles. The first-order chi connectivity index (χ1) is 17.1. The number of nitrogens with one attached hydrogen (secondary N) is 1. The van der Waals surface area contributed by atoms with Gasteiger partial charge in [-0.25, -0.2) is 0 Å². The van der Waals surface area contributed by atoms with Crippen LogP contribution in [0.3, 0.4) is 0 Å². The zero-order valence-corrected chi connectivity index (χ0v) is 20.1. The molecule has 0 spiro atoms. The van der Waals surface area contributed by atoms with E-state index in [0.717, 1.165) is 16.0 Å².